The van der Waals surface area contributed by atoms with Crippen molar-refractivity contribution in [1.29, 1.82) is 0 Å². The molecule has 0 radical (unpaired) electrons. The number of carbonyl (C=O) groups is 1. The van der Waals surface area contributed by atoms with Gasteiger partial charge in [-0.2, -0.15) is 11.3 Å². The van der Waals surface area contributed by atoms with Crippen LogP contribution in [-0.4, -0.2) is 37.3 Å². The molecular formula is C28H27ClN2O3S2. The number of aliphatic hydroxyl groups excluding tert-OH is 1. The average Bonchev–Trinajstić information content (AvgIpc) is 3.42. The number of amides is 1. The summed E-state index contributed by atoms with van der Waals surface area (Å²) in [4.78, 5) is 16.9. The summed E-state index contributed by atoms with van der Waals surface area (Å²) in [6.07, 6.45) is 2.59. The van der Waals surface area contributed by atoms with Crippen LogP contribution in [0.4, 0.5) is 5.69 Å². The summed E-state index contributed by atoms with van der Waals surface area (Å²) in [5.74, 6) is -0.231. The molecule has 8 heteroatoms. The molecule has 5 nitrogen and oxygen atoms in total. The molecule has 4 heterocycles. The Hall–Kier alpha value is -2.45. The maximum absolute atomic E-state index is 13.4. The van der Waals surface area contributed by atoms with Crippen LogP contribution in [-0.2, 0) is 15.1 Å². The number of rotatable bonds is 5. The van der Waals surface area contributed by atoms with Crippen LogP contribution in [0.5, 0.6) is 0 Å². The van der Waals surface area contributed by atoms with Gasteiger partial charge in [0.1, 0.15) is 10.7 Å². The van der Waals surface area contributed by atoms with Crippen molar-refractivity contribution in [1.82, 2.24) is 5.32 Å². The van der Waals surface area contributed by atoms with Crippen molar-refractivity contribution in [3.63, 3.8) is 0 Å². The SMILES string of the molecule is O=C1NC(c2ccc(N3CCC4(CC3)COC4)cc2)(c2ccsc2)CC(O)=C1Sc1ccccc1Cl. The topological polar surface area (TPSA) is 61.8 Å². The largest absolute Gasteiger partial charge is 0.511 e. The Morgan fingerprint density at radius 2 is 1.78 bits per heavy atom. The number of thiophene rings is 1. The number of carbonyl (C=O) groups excluding carboxylic acids is 1. The van der Waals surface area contributed by atoms with Gasteiger partial charge in [-0.15, -0.1) is 0 Å². The van der Waals surface area contributed by atoms with Gasteiger partial charge in [0.25, 0.3) is 5.91 Å². The fourth-order valence-corrected chi connectivity index (χ4v) is 7.25. The molecule has 2 N–H and O–H groups in total. The van der Waals surface area contributed by atoms with Gasteiger partial charge < -0.3 is 20.1 Å². The average molecular weight is 539 g/mol. The number of ether oxygens (including phenoxy) is 1. The van der Waals surface area contributed by atoms with Gasteiger partial charge in [0, 0.05) is 35.5 Å². The van der Waals surface area contributed by atoms with Crippen LogP contribution in [0.1, 0.15) is 30.4 Å². The number of halogens is 1. The minimum absolute atomic E-state index is 0.0722. The molecular weight excluding hydrogens is 512 g/mol. The van der Waals surface area contributed by atoms with E-state index in [1.54, 1.807) is 17.4 Å². The number of thioether (sulfide) groups is 1. The van der Waals surface area contributed by atoms with Gasteiger partial charge in [-0.25, -0.2) is 0 Å². The highest BCUT2D eigenvalue weighted by atomic mass is 35.5. The van der Waals surface area contributed by atoms with Gasteiger partial charge >= 0.3 is 0 Å². The molecule has 1 amide bonds. The minimum Gasteiger partial charge on any atom is -0.511 e. The Bertz CT molecular complexity index is 1290. The molecule has 2 fully saturated rings. The third-order valence-electron chi connectivity index (χ3n) is 7.66. The van der Waals surface area contributed by atoms with Crippen molar-refractivity contribution in [2.45, 2.75) is 29.7 Å². The highest BCUT2D eigenvalue weighted by Gasteiger charge is 2.44. The van der Waals surface area contributed by atoms with E-state index in [4.69, 9.17) is 16.3 Å². The van der Waals surface area contributed by atoms with Crippen LogP contribution in [0.3, 0.4) is 0 Å². The number of hydrogen-bond acceptors (Lipinski definition) is 6. The van der Waals surface area contributed by atoms with Crippen molar-refractivity contribution >= 4 is 46.3 Å². The number of benzene rings is 2. The maximum atomic E-state index is 13.4. The first-order valence-electron chi connectivity index (χ1n) is 12.1. The maximum Gasteiger partial charge on any atom is 0.262 e. The molecule has 0 bridgehead atoms. The van der Waals surface area contributed by atoms with E-state index in [0.29, 0.717) is 10.4 Å². The quantitative estimate of drug-likeness (QED) is 0.396. The molecule has 3 aromatic rings. The van der Waals surface area contributed by atoms with Gasteiger partial charge in [0.2, 0.25) is 0 Å². The molecule has 3 aliphatic rings. The summed E-state index contributed by atoms with van der Waals surface area (Å²) in [6, 6.07) is 17.8. The van der Waals surface area contributed by atoms with E-state index >= 15 is 0 Å². The number of piperidine rings is 1. The number of anilines is 1. The van der Waals surface area contributed by atoms with Crippen molar-refractivity contribution in [2.75, 3.05) is 31.2 Å². The molecule has 0 aliphatic carbocycles. The molecule has 186 valence electrons. The Labute approximate surface area is 224 Å². The first kappa shape index (κ1) is 23.9. The van der Waals surface area contributed by atoms with E-state index in [-0.39, 0.29) is 23.0 Å². The van der Waals surface area contributed by atoms with Crippen molar-refractivity contribution < 1.29 is 14.6 Å². The van der Waals surface area contributed by atoms with E-state index < -0.39 is 5.54 Å². The highest BCUT2D eigenvalue weighted by molar-refractivity contribution is 8.04. The van der Waals surface area contributed by atoms with Gasteiger partial charge in [0.05, 0.1) is 23.8 Å². The van der Waals surface area contributed by atoms with Crippen molar-refractivity contribution in [3.05, 3.63) is 92.2 Å². The van der Waals surface area contributed by atoms with Crippen molar-refractivity contribution in [3.8, 4) is 0 Å². The summed E-state index contributed by atoms with van der Waals surface area (Å²) in [5, 5.41) is 19.0. The normalized spacial score (nSPS) is 23.5. The molecule has 1 atom stereocenters. The second-order valence-corrected chi connectivity index (χ2v) is 12.1. The molecule has 36 heavy (non-hydrogen) atoms. The van der Waals surface area contributed by atoms with Crippen LogP contribution >= 0.6 is 34.7 Å². The van der Waals surface area contributed by atoms with Gasteiger partial charge in [0.15, 0.2) is 0 Å². The lowest BCUT2D eigenvalue weighted by Gasteiger charge is -2.48. The first-order chi connectivity index (χ1) is 17.5. The predicted molar refractivity (Wildman–Crippen MR) is 146 cm³/mol. The fourth-order valence-electron chi connectivity index (χ4n) is 5.40. The Morgan fingerprint density at radius 1 is 1.03 bits per heavy atom. The van der Waals surface area contributed by atoms with Crippen molar-refractivity contribution in [2.24, 2.45) is 5.41 Å². The monoisotopic (exact) mass is 538 g/mol. The van der Waals surface area contributed by atoms with E-state index in [0.717, 1.165) is 55.2 Å². The second kappa shape index (κ2) is 9.45. The smallest absolute Gasteiger partial charge is 0.262 e. The van der Waals surface area contributed by atoms with E-state index in [1.165, 1.54) is 17.4 Å². The first-order valence-corrected chi connectivity index (χ1v) is 14.2. The number of hydrogen-bond donors (Lipinski definition) is 2. The Balaban J connectivity index is 1.29. The summed E-state index contributed by atoms with van der Waals surface area (Å²) in [5.41, 5.74) is 2.67. The zero-order valence-corrected chi connectivity index (χ0v) is 22.1. The van der Waals surface area contributed by atoms with E-state index in [2.05, 4.69) is 34.5 Å². The number of nitrogens with one attached hydrogen (secondary N) is 1. The van der Waals surface area contributed by atoms with Gasteiger partial charge in [-0.3, -0.25) is 4.79 Å². The fraction of sp³-hybridized carbons (Fsp3) is 0.321. The standard InChI is InChI=1S/C28H27ClN2O3S2/c29-22-3-1-2-4-24(22)36-25-23(32)15-28(30-26(25)33,20-9-14-35-16-20)19-5-7-21(8-6-19)31-12-10-27(11-13-31)17-34-18-27/h1-9,14,16,32H,10-13,15,17-18H2,(H,30,33). The minimum atomic E-state index is -0.834. The number of aliphatic hydroxyl groups is 1. The lowest BCUT2D eigenvalue weighted by Crippen LogP contribution is -2.51. The molecule has 3 aliphatic heterocycles. The van der Waals surface area contributed by atoms with Crippen LogP contribution < -0.4 is 10.2 Å². The molecule has 1 unspecified atom stereocenters. The lowest BCUT2D eigenvalue weighted by atomic mass is 9.76. The molecule has 1 aromatic heterocycles. The van der Waals surface area contributed by atoms with E-state index in [9.17, 15) is 9.90 Å². The molecule has 2 saturated heterocycles. The summed E-state index contributed by atoms with van der Waals surface area (Å²) in [7, 11) is 0. The summed E-state index contributed by atoms with van der Waals surface area (Å²) >= 11 is 9.09. The van der Waals surface area contributed by atoms with E-state index in [1.807, 2.05) is 35.0 Å². The van der Waals surface area contributed by atoms with Crippen LogP contribution in [0.2, 0.25) is 5.02 Å². The summed E-state index contributed by atoms with van der Waals surface area (Å²) in [6.45, 7) is 3.86. The predicted octanol–water partition coefficient (Wildman–Crippen LogP) is 6.34. The second-order valence-electron chi connectivity index (χ2n) is 9.88. The summed E-state index contributed by atoms with van der Waals surface area (Å²) < 4.78 is 5.47. The van der Waals surface area contributed by atoms with Crippen LogP contribution in [0, 0.1) is 5.41 Å². The zero-order valence-electron chi connectivity index (χ0n) is 19.7. The van der Waals surface area contributed by atoms with Gasteiger partial charge in [-0.1, -0.05) is 47.6 Å². The molecule has 1 spiro atoms. The third kappa shape index (κ3) is 4.22. The highest BCUT2D eigenvalue weighted by Crippen LogP contribution is 2.45. The van der Waals surface area contributed by atoms with Crippen LogP contribution in [0.15, 0.2) is 80.9 Å². The Morgan fingerprint density at radius 3 is 2.39 bits per heavy atom. The molecule has 2 aromatic carbocycles. The van der Waals surface area contributed by atoms with Gasteiger partial charge in [-0.05, 0) is 65.1 Å². The van der Waals surface area contributed by atoms with Crippen LogP contribution in [0.25, 0.3) is 0 Å². The molecule has 6 rings (SSSR count). The zero-order chi connectivity index (χ0) is 24.8. The molecule has 0 saturated carbocycles. The third-order valence-corrected chi connectivity index (χ3v) is 9.98. The number of nitrogens with zero attached hydrogens (tertiary/aromatic N) is 1. The Kier molecular flexibility index (Phi) is 6.28. The lowest BCUT2D eigenvalue weighted by molar-refractivity contribution is -0.124.